The predicted molar refractivity (Wildman–Crippen MR) is 36.2 cm³/mol. The number of hydrogen-bond acceptors (Lipinski definition) is 4. The Morgan fingerprint density at radius 3 is 3.11 bits per heavy atom. The second kappa shape index (κ2) is 2.45. The zero-order valence-electron chi connectivity index (χ0n) is 4.50. The van der Waals surface area contributed by atoms with Crippen molar-refractivity contribution in [2.24, 2.45) is 0 Å². The molecule has 0 aromatic carbocycles. The monoisotopic (exact) mass is 143 g/mol. The molecule has 0 bridgehead atoms. The number of carbonyl (C=O) groups excluding carboxylic acids is 1. The molecule has 0 radical (unpaired) electrons. The third-order valence-corrected chi connectivity index (χ3v) is 1.50. The Morgan fingerprint density at radius 1 is 1.89 bits per heavy atom. The van der Waals surface area contributed by atoms with Crippen LogP contribution in [0.1, 0.15) is 0 Å². The summed E-state index contributed by atoms with van der Waals surface area (Å²) in [5.41, 5.74) is 5.25. The molecule has 1 heterocycles. The Morgan fingerprint density at radius 2 is 2.67 bits per heavy atom. The average Bonchev–Trinajstić information content (AvgIpc) is 2.17. The smallest absolute Gasteiger partial charge is 0.213 e. The van der Waals surface area contributed by atoms with E-state index in [0.29, 0.717) is 17.4 Å². The lowest BCUT2D eigenvalue weighted by atomic mass is 10.8. The number of nitrogens with zero attached hydrogens (tertiary/aromatic N) is 1. The van der Waals surface area contributed by atoms with Crippen molar-refractivity contribution in [3.05, 3.63) is 5.38 Å². The van der Waals surface area contributed by atoms with E-state index in [1.165, 1.54) is 11.3 Å². The highest BCUT2D eigenvalue weighted by atomic mass is 32.1. The molecule has 3 N–H and O–H groups in total. The first-order chi connectivity index (χ1) is 4.33. The molecular formula is C4H5N3OS. The first-order valence-corrected chi connectivity index (χ1v) is 3.12. The number of carbonyl (C=O) groups is 1. The van der Waals surface area contributed by atoms with Gasteiger partial charge in [-0.2, -0.15) is 0 Å². The van der Waals surface area contributed by atoms with E-state index < -0.39 is 0 Å². The number of thiazole rings is 1. The molecule has 0 aliphatic carbocycles. The van der Waals surface area contributed by atoms with Crippen molar-refractivity contribution in [2.75, 3.05) is 11.1 Å². The van der Waals surface area contributed by atoms with Crippen molar-refractivity contribution in [1.29, 1.82) is 0 Å². The van der Waals surface area contributed by atoms with Crippen molar-refractivity contribution in [1.82, 2.24) is 4.98 Å². The maximum atomic E-state index is 9.80. The third-order valence-electron chi connectivity index (χ3n) is 0.704. The van der Waals surface area contributed by atoms with Crippen LogP contribution in [0, 0.1) is 0 Å². The number of anilines is 2. The molecule has 0 unspecified atom stereocenters. The van der Waals surface area contributed by atoms with Crippen LogP contribution in [-0.4, -0.2) is 11.4 Å². The molecule has 1 rings (SSSR count). The molecule has 4 nitrogen and oxygen atoms in total. The number of nitrogens with one attached hydrogen (secondary N) is 1. The van der Waals surface area contributed by atoms with Crippen LogP contribution < -0.4 is 11.1 Å². The lowest BCUT2D eigenvalue weighted by Crippen LogP contribution is -1.92. The van der Waals surface area contributed by atoms with Gasteiger partial charge in [-0.15, -0.1) is 11.3 Å². The minimum absolute atomic E-state index is 0.435. The van der Waals surface area contributed by atoms with Gasteiger partial charge in [0.2, 0.25) is 6.41 Å². The lowest BCUT2D eigenvalue weighted by molar-refractivity contribution is -0.105. The van der Waals surface area contributed by atoms with Crippen molar-refractivity contribution in [3.63, 3.8) is 0 Å². The van der Waals surface area contributed by atoms with E-state index in [4.69, 9.17) is 5.73 Å². The number of amides is 1. The Bertz CT molecular complexity index is 209. The molecule has 0 saturated heterocycles. The second-order valence-electron chi connectivity index (χ2n) is 1.34. The van der Waals surface area contributed by atoms with Crippen LogP contribution in [0.25, 0.3) is 0 Å². The maximum Gasteiger partial charge on any atom is 0.213 e. The third kappa shape index (κ3) is 1.39. The summed E-state index contributed by atoms with van der Waals surface area (Å²) < 4.78 is 0. The largest absolute Gasteiger partial charge is 0.383 e. The average molecular weight is 143 g/mol. The van der Waals surface area contributed by atoms with E-state index in [1.54, 1.807) is 5.38 Å². The molecule has 1 aromatic rings. The van der Waals surface area contributed by atoms with E-state index in [-0.39, 0.29) is 0 Å². The molecule has 0 aliphatic heterocycles. The van der Waals surface area contributed by atoms with Crippen molar-refractivity contribution in [2.45, 2.75) is 0 Å². The van der Waals surface area contributed by atoms with Crippen LogP contribution in [-0.2, 0) is 4.79 Å². The van der Waals surface area contributed by atoms with Gasteiger partial charge in [0.25, 0.3) is 0 Å². The van der Waals surface area contributed by atoms with Gasteiger partial charge in [0.15, 0.2) is 5.13 Å². The van der Waals surface area contributed by atoms with Crippen LogP contribution in [0.4, 0.5) is 10.9 Å². The summed E-state index contributed by atoms with van der Waals surface area (Å²) in [5, 5.41) is 4.56. The zero-order chi connectivity index (χ0) is 6.69. The SMILES string of the molecule is Nc1csc(NC=O)n1. The minimum Gasteiger partial charge on any atom is -0.383 e. The van der Waals surface area contributed by atoms with Gasteiger partial charge in [0.1, 0.15) is 5.82 Å². The molecule has 5 heteroatoms. The molecule has 0 saturated carbocycles. The normalized spacial score (nSPS) is 8.89. The van der Waals surface area contributed by atoms with Crippen LogP contribution in [0.5, 0.6) is 0 Å². The zero-order valence-corrected chi connectivity index (χ0v) is 5.31. The van der Waals surface area contributed by atoms with E-state index in [2.05, 4.69) is 10.3 Å². The van der Waals surface area contributed by atoms with Crippen LogP contribution in [0.3, 0.4) is 0 Å². The van der Waals surface area contributed by atoms with Gasteiger partial charge in [-0.1, -0.05) is 0 Å². The maximum absolute atomic E-state index is 9.80. The van der Waals surface area contributed by atoms with Crippen LogP contribution in [0.2, 0.25) is 0 Å². The van der Waals surface area contributed by atoms with Crippen LogP contribution in [0.15, 0.2) is 5.38 Å². The highest BCUT2D eigenvalue weighted by molar-refractivity contribution is 7.14. The van der Waals surface area contributed by atoms with Gasteiger partial charge in [-0.25, -0.2) is 4.98 Å². The molecule has 0 atom stereocenters. The van der Waals surface area contributed by atoms with Crippen molar-refractivity contribution >= 4 is 28.7 Å². The van der Waals surface area contributed by atoms with E-state index in [0.717, 1.165) is 0 Å². The highest BCUT2D eigenvalue weighted by Crippen LogP contribution is 2.14. The summed E-state index contributed by atoms with van der Waals surface area (Å²) in [4.78, 5) is 13.6. The summed E-state index contributed by atoms with van der Waals surface area (Å²) in [7, 11) is 0. The summed E-state index contributed by atoms with van der Waals surface area (Å²) >= 11 is 1.30. The predicted octanol–water partition coefficient (Wildman–Crippen LogP) is 0.294. The van der Waals surface area contributed by atoms with Crippen LogP contribution >= 0.6 is 11.3 Å². The number of rotatable bonds is 2. The Kier molecular flexibility index (Phi) is 1.64. The van der Waals surface area contributed by atoms with Gasteiger partial charge < -0.3 is 11.1 Å². The fourth-order valence-corrected chi connectivity index (χ4v) is 0.962. The number of aromatic nitrogens is 1. The minimum atomic E-state index is 0.435. The van der Waals surface area contributed by atoms with E-state index in [1.807, 2.05) is 0 Å². The topological polar surface area (TPSA) is 68.0 Å². The molecule has 0 fully saturated rings. The summed E-state index contributed by atoms with van der Waals surface area (Å²) in [5.74, 6) is 0.435. The Hall–Kier alpha value is -1.10. The molecule has 0 aliphatic rings. The quantitative estimate of drug-likeness (QED) is 0.585. The van der Waals surface area contributed by atoms with Crippen molar-refractivity contribution in [3.8, 4) is 0 Å². The molecule has 1 amide bonds. The molecule has 0 spiro atoms. The summed E-state index contributed by atoms with van der Waals surface area (Å²) in [6.07, 6.45) is 0.568. The Labute approximate surface area is 55.7 Å². The number of nitrogens with two attached hydrogens (primary N) is 1. The molecule has 48 valence electrons. The summed E-state index contributed by atoms with van der Waals surface area (Å²) in [6.45, 7) is 0. The van der Waals surface area contributed by atoms with E-state index >= 15 is 0 Å². The Balaban J connectivity index is 2.72. The first kappa shape index (κ1) is 6.03. The van der Waals surface area contributed by atoms with E-state index in [9.17, 15) is 4.79 Å². The summed E-state index contributed by atoms with van der Waals surface area (Å²) in [6, 6.07) is 0. The van der Waals surface area contributed by atoms with Gasteiger partial charge in [0, 0.05) is 5.38 Å². The standard InChI is InChI=1S/C4H5N3OS/c5-3-1-9-4(7-3)6-2-8/h1-2H,5H2,(H,6,7,8). The van der Waals surface area contributed by atoms with Gasteiger partial charge in [-0.3, -0.25) is 4.79 Å². The fraction of sp³-hybridized carbons (Fsp3) is 0. The lowest BCUT2D eigenvalue weighted by Gasteiger charge is -1.84. The fourth-order valence-electron chi connectivity index (χ4n) is 0.403. The van der Waals surface area contributed by atoms with Gasteiger partial charge in [0.05, 0.1) is 0 Å². The van der Waals surface area contributed by atoms with Gasteiger partial charge in [-0.05, 0) is 0 Å². The van der Waals surface area contributed by atoms with Gasteiger partial charge >= 0.3 is 0 Å². The number of nitrogen functional groups attached to an aromatic ring is 1. The molecule has 9 heavy (non-hydrogen) atoms. The highest BCUT2D eigenvalue weighted by Gasteiger charge is 1.93. The molecule has 1 aromatic heterocycles. The molecular weight excluding hydrogens is 138 g/mol. The second-order valence-corrected chi connectivity index (χ2v) is 2.20. The van der Waals surface area contributed by atoms with Crippen molar-refractivity contribution < 1.29 is 4.79 Å². The first-order valence-electron chi connectivity index (χ1n) is 2.24. The number of hydrogen-bond donors (Lipinski definition) is 2.